The van der Waals surface area contributed by atoms with Crippen molar-refractivity contribution < 1.29 is 37.5 Å². The van der Waals surface area contributed by atoms with Crippen molar-refractivity contribution in [1.82, 2.24) is 19.5 Å². The van der Waals surface area contributed by atoms with Crippen LogP contribution in [-0.2, 0) is 40.5 Å². The Labute approximate surface area is 266 Å². The predicted octanol–water partition coefficient (Wildman–Crippen LogP) is 1.35. The molecule has 14 nitrogen and oxygen atoms in total. The van der Waals surface area contributed by atoms with Gasteiger partial charge < -0.3 is 21.0 Å². The summed E-state index contributed by atoms with van der Waals surface area (Å²) in [4.78, 5) is 59.8. The van der Waals surface area contributed by atoms with Crippen LogP contribution in [0.4, 0.5) is 5.13 Å². The average Bonchev–Trinajstić information content (AvgIpc) is 3.41. The fourth-order valence-corrected chi connectivity index (χ4v) is 8.80. The molecule has 44 heavy (non-hydrogen) atoms. The van der Waals surface area contributed by atoms with E-state index in [1.54, 1.807) is 19.1 Å². The number of carboxylic acid groups (broad SMARTS) is 1. The SMILES string of the molecule is CCN(CCSC(C)=O)S(=O)(=O)c1cccc(CC2=C(C(=O)O)N3C(=O)C(NC(=O)C(=NOC)c4csc(N)n4)C3SC2)c1. The first kappa shape index (κ1) is 33.4. The molecule has 2 unspecified atom stereocenters. The Bertz CT molecular complexity index is 1640. The van der Waals surface area contributed by atoms with Gasteiger partial charge in [-0.15, -0.1) is 23.1 Å². The fraction of sp³-hybridized carbons (Fsp3) is 0.385. The molecule has 4 N–H and O–H groups in total. The quantitative estimate of drug-likeness (QED) is 0.156. The maximum Gasteiger partial charge on any atom is 0.352 e. The molecule has 18 heteroatoms. The van der Waals surface area contributed by atoms with Crippen LogP contribution in [0.1, 0.15) is 25.1 Å². The molecule has 0 radical (unpaired) electrons. The van der Waals surface area contributed by atoms with Crippen LogP contribution in [0.2, 0.25) is 0 Å². The lowest BCUT2D eigenvalue weighted by atomic mass is 9.99. The number of thiazole rings is 1. The fourth-order valence-electron chi connectivity index (χ4n) is 4.67. The molecular weight excluding hydrogens is 653 g/mol. The molecule has 2 atom stereocenters. The number of amides is 2. The summed E-state index contributed by atoms with van der Waals surface area (Å²) in [5.41, 5.74) is 6.42. The Morgan fingerprint density at radius 3 is 2.70 bits per heavy atom. The van der Waals surface area contributed by atoms with Crippen molar-refractivity contribution in [2.24, 2.45) is 5.16 Å². The number of carboxylic acids is 1. The molecule has 0 saturated carbocycles. The Kier molecular flexibility index (Phi) is 10.7. The number of aliphatic carboxylic acids is 1. The number of nitrogen functional groups attached to an aromatic ring is 1. The smallest absolute Gasteiger partial charge is 0.352 e. The number of anilines is 1. The number of benzene rings is 1. The second-order valence-electron chi connectivity index (χ2n) is 9.47. The summed E-state index contributed by atoms with van der Waals surface area (Å²) in [7, 11) is -2.62. The largest absolute Gasteiger partial charge is 0.477 e. The third kappa shape index (κ3) is 7.09. The number of carbonyl (C=O) groups is 4. The van der Waals surface area contributed by atoms with E-state index in [1.165, 1.54) is 47.6 Å². The molecule has 1 aromatic carbocycles. The number of fused-ring (bicyclic) bond motifs is 1. The number of thioether (sulfide) groups is 2. The molecule has 1 fully saturated rings. The number of β-lactam (4-membered cyclic amide) rings is 1. The zero-order valence-electron chi connectivity index (χ0n) is 23.9. The van der Waals surface area contributed by atoms with Crippen LogP contribution < -0.4 is 11.1 Å². The van der Waals surface area contributed by atoms with E-state index in [2.05, 4.69) is 15.5 Å². The van der Waals surface area contributed by atoms with Crippen LogP contribution >= 0.6 is 34.9 Å². The molecule has 3 heterocycles. The van der Waals surface area contributed by atoms with Crippen molar-refractivity contribution in [2.75, 3.05) is 37.4 Å². The van der Waals surface area contributed by atoms with Crippen LogP contribution in [-0.4, -0.2) is 99.4 Å². The number of carbonyl (C=O) groups excluding carboxylic acids is 3. The lowest BCUT2D eigenvalue weighted by Gasteiger charge is -2.49. The van der Waals surface area contributed by atoms with Crippen LogP contribution in [0, 0.1) is 0 Å². The summed E-state index contributed by atoms with van der Waals surface area (Å²) in [5.74, 6) is -2.11. The van der Waals surface area contributed by atoms with Crippen molar-refractivity contribution in [1.29, 1.82) is 0 Å². The van der Waals surface area contributed by atoms with E-state index in [0.717, 1.165) is 28.0 Å². The normalized spacial score (nSPS) is 18.6. The van der Waals surface area contributed by atoms with Crippen molar-refractivity contribution in [3.63, 3.8) is 0 Å². The number of hydrogen-bond donors (Lipinski definition) is 3. The Morgan fingerprint density at radius 2 is 2.09 bits per heavy atom. The van der Waals surface area contributed by atoms with Gasteiger partial charge in [-0.1, -0.05) is 36.0 Å². The highest BCUT2D eigenvalue weighted by Gasteiger charge is 2.54. The maximum atomic E-state index is 13.3. The summed E-state index contributed by atoms with van der Waals surface area (Å²) in [6.07, 6.45) is 0.0910. The zero-order valence-corrected chi connectivity index (χ0v) is 27.1. The van der Waals surface area contributed by atoms with Gasteiger partial charge in [-0.2, -0.15) is 4.31 Å². The van der Waals surface area contributed by atoms with Gasteiger partial charge >= 0.3 is 5.97 Å². The lowest BCUT2D eigenvalue weighted by Crippen LogP contribution is -2.71. The van der Waals surface area contributed by atoms with Gasteiger partial charge in [-0.25, -0.2) is 18.2 Å². The third-order valence-corrected chi connectivity index (χ3v) is 11.4. The number of nitrogens with two attached hydrogens (primary N) is 1. The number of aromatic nitrogens is 1. The molecule has 4 rings (SSSR count). The highest BCUT2D eigenvalue weighted by atomic mass is 32.2. The van der Waals surface area contributed by atoms with Crippen LogP contribution in [0.3, 0.4) is 0 Å². The molecular formula is C26H30N6O8S4. The van der Waals surface area contributed by atoms with Gasteiger partial charge in [0.1, 0.15) is 29.9 Å². The summed E-state index contributed by atoms with van der Waals surface area (Å²) >= 11 is 3.42. The minimum absolute atomic E-state index is 0.0432. The van der Waals surface area contributed by atoms with E-state index in [1.807, 2.05) is 0 Å². The van der Waals surface area contributed by atoms with E-state index in [0.29, 0.717) is 16.9 Å². The van der Waals surface area contributed by atoms with Gasteiger partial charge in [-0.05, 0) is 29.7 Å². The second-order valence-corrected chi connectivity index (χ2v) is 14.7. The number of hydrogen-bond acceptors (Lipinski definition) is 13. The maximum absolute atomic E-state index is 13.3. The molecule has 0 bridgehead atoms. The van der Waals surface area contributed by atoms with E-state index in [-0.39, 0.29) is 57.5 Å². The van der Waals surface area contributed by atoms with Gasteiger partial charge in [0.15, 0.2) is 16.0 Å². The van der Waals surface area contributed by atoms with Gasteiger partial charge in [0.25, 0.3) is 11.8 Å². The number of sulfonamides is 1. The summed E-state index contributed by atoms with van der Waals surface area (Å²) < 4.78 is 27.9. The highest BCUT2D eigenvalue weighted by Crippen LogP contribution is 2.41. The Hall–Kier alpha value is -3.45. The van der Waals surface area contributed by atoms with E-state index in [4.69, 9.17) is 10.6 Å². The summed E-state index contributed by atoms with van der Waals surface area (Å²) in [6.45, 7) is 3.50. The first-order chi connectivity index (χ1) is 20.9. The van der Waals surface area contributed by atoms with E-state index >= 15 is 0 Å². The molecule has 0 spiro atoms. The molecule has 2 aliphatic rings. The number of nitrogens with one attached hydrogen (secondary N) is 1. The standard InChI is InChI=1S/C26H30N6O8S4/c1-4-31(8-9-41-14(2)33)44(38,39)17-7-5-6-15(11-17)10-16-12-42-24-20(23(35)32(24)21(16)25(36)37)29-22(34)19(30-40-3)18-13-43-26(27)28-18/h5-7,11,13,20,24H,4,8-10,12H2,1-3H3,(H2,27,28)(H,29,34)(H,36,37). The van der Waals surface area contributed by atoms with Crippen LogP contribution in [0.5, 0.6) is 0 Å². The zero-order chi connectivity index (χ0) is 32.2. The molecule has 2 aliphatic heterocycles. The number of oxime groups is 1. The van der Waals surface area contributed by atoms with Gasteiger partial charge in [0.2, 0.25) is 10.0 Å². The van der Waals surface area contributed by atoms with Gasteiger partial charge in [0, 0.05) is 36.9 Å². The second kappa shape index (κ2) is 14.1. The molecule has 1 saturated heterocycles. The van der Waals surface area contributed by atoms with E-state index in [9.17, 15) is 32.7 Å². The Morgan fingerprint density at radius 1 is 1.34 bits per heavy atom. The average molecular weight is 683 g/mol. The van der Waals surface area contributed by atoms with E-state index < -0.39 is 39.2 Å². The molecule has 1 aromatic heterocycles. The monoisotopic (exact) mass is 682 g/mol. The van der Waals surface area contributed by atoms with Crippen molar-refractivity contribution >= 4 is 78.6 Å². The lowest BCUT2D eigenvalue weighted by molar-refractivity contribution is -0.150. The molecule has 236 valence electrons. The first-order valence-corrected chi connectivity index (χ1v) is 17.5. The Balaban J connectivity index is 1.52. The molecule has 2 aromatic rings. The summed E-state index contributed by atoms with van der Waals surface area (Å²) in [6, 6.07) is 5.20. The molecule has 0 aliphatic carbocycles. The predicted molar refractivity (Wildman–Crippen MR) is 167 cm³/mol. The minimum atomic E-state index is -3.87. The van der Waals surface area contributed by atoms with Gasteiger partial charge in [0.05, 0.1) is 4.90 Å². The number of rotatable bonds is 13. The molecule has 2 amide bonds. The van der Waals surface area contributed by atoms with Crippen molar-refractivity contribution in [2.45, 2.75) is 36.6 Å². The number of nitrogens with zero attached hydrogens (tertiary/aromatic N) is 4. The first-order valence-electron chi connectivity index (χ1n) is 13.1. The topological polar surface area (TPSA) is 202 Å². The summed E-state index contributed by atoms with van der Waals surface area (Å²) in [5, 5.41) is 17.3. The third-order valence-electron chi connectivity index (χ3n) is 6.65. The van der Waals surface area contributed by atoms with Gasteiger partial charge in [-0.3, -0.25) is 19.3 Å². The van der Waals surface area contributed by atoms with Crippen molar-refractivity contribution in [3.05, 3.63) is 52.2 Å². The van der Waals surface area contributed by atoms with Crippen LogP contribution in [0.15, 0.2) is 51.0 Å². The van der Waals surface area contributed by atoms with Crippen LogP contribution in [0.25, 0.3) is 0 Å². The van der Waals surface area contributed by atoms with Crippen molar-refractivity contribution in [3.8, 4) is 0 Å². The minimum Gasteiger partial charge on any atom is -0.477 e. The highest BCUT2D eigenvalue weighted by molar-refractivity contribution is 8.13.